The van der Waals surface area contributed by atoms with Crippen LogP contribution < -0.4 is 0 Å². The maximum Gasteiger partial charge on any atom is 0.306 e. The molecule has 0 unspecified atom stereocenters. The molecule has 4 aliphatic rings. The topological polar surface area (TPSA) is 127 Å². The Bertz CT molecular complexity index is 1060. The molecule has 4 rings (SSSR count). The summed E-state index contributed by atoms with van der Waals surface area (Å²) < 4.78 is 12.2. The quantitative estimate of drug-likeness (QED) is 0.402. The second-order valence-electron chi connectivity index (χ2n) is 11.7. The maximum absolute atomic E-state index is 13.1. The molecule has 0 heterocycles. The van der Waals surface area contributed by atoms with Gasteiger partial charge >= 0.3 is 11.9 Å². The molecule has 2 saturated carbocycles. The van der Waals surface area contributed by atoms with Crippen LogP contribution in [0, 0.1) is 29.1 Å². The molecule has 0 aliphatic heterocycles. The first-order valence-corrected chi connectivity index (χ1v) is 13.0. The fraction of sp³-hybridized carbons (Fsp3) is 0.714. The Balaban J connectivity index is 1.93. The molecule has 36 heavy (non-hydrogen) atoms. The summed E-state index contributed by atoms with van der Waals surface area (Å²) in [4.78, 5) is 50.8. The minimum Gasteiger partial charge on any atom is -0.458 e. The van der Waals surface area contributed by atoms with Crippen LogP contribution in [0.5, 0.6) is 0 Å². The third-order valence-corrected chi connectivity index (χ3v) is 9.31. The number of ether oxygens (including phenoxy) is 2. The minimum absolute atomic E-state index is 0.162. The Morgan fingerprint density at radius 3 is 2.31 bits per heavy atom. The number of hydrogen-bond donors (Lipinski definition) is 2. The van der Waals surface area contributed by atoms with Crippen LogP contribution in [0.4, 0.5) is 0 Å². The van der Waals surface area contributed by atoms with Gasteiger partial charge in [-0.25, -0.2) is 0 Å². The van der Waals surface area contributed by atoms with E-state index in [1.807, 2.05) is 27.7 Å². The van der Waals surface area contributed by atoms with Crippen LogP contribution in [0.3, 0.4) is 0 Å². The zero-order valence-corrected chi connectivity index (χ0v) is 22.0. The van der Waals surface area contributed by atoms with Crippen molar-refractivity contribution in [1.29, 1.82) is 0 Å². The number of aldehydes is 1. The predicted molar refractivity (Wildman–Crippen MR) is 129 cm³/mol. The molecule has 0 radical (unpaired) electrons. The van der Waals surface area contributed by atoms with Crippen molar-refractivity contribution in [3.63, 3.8) is 0 Å². The van der Waals surface area contributed by atoms with E-state index in [0.29, 0.717) is 24.7 Å². The van der Waals surface area contributed by atoms with Gasteiger partial charge in [-0.1, -0.05) is 46.8 Å². The van der Waals surface area contributed by atoms with E-state index in [1.54, 1.807) is 26.0 Å². The minimum atomic E-state index is -2.00. The van der Waals surface area contributed by atoms with Gasteiger partial charge in [-0.05, 0) is 30.9 Å². The molecule has 0 aromatic heterocycles. The van der Waals surface area contributed by atoms with Gasteiger partial charge in [-0.3, -0.25) is 19.2 Å². The third-order valence-electron chi connectivity index (χ3n) is 9.31. The zero-order chi connectivity index (χ0) is 26.8. The summed E-state index contributed by atoms with van der Waals surface area (Å²) >= 11 is 0. The Kier molecular flexibility index (Phi) is 6.40. The largest absolute Gasteiger partial charge is 0.458 e. The molecule has 0 bridgehead atoms. The van der Waals surface area contributed by atoms with Crippen LogP contribution in [0.1, 0.15) is 73.6 Å². The summed E-state index contributed by atoms with van der Waals surface area (Å²) in [5.74, 6) is -4.50. The fourth-order valence-corrected chi connectivity index (χ4v) is 7.59. The average Bonchev–Trinajstić information content (AvgIpc) is 3.23. The van der Waals surface area contributed by atoms with Crippen molar-refractivity contribution in [2.24, 2.45) is 29.1 Å². The molecule has 8 nitrogen and oxygen atoms in total. The lowest BCUT2D eigenvalue weighted by molar-refractivity contribution is -0.229. The van der Waals surface area contributed by atoms with Gasteiger partial charge in [0.15, 0.2) is 11.4 Å². The van der Waals surface area contributed by atoms with E-state index in [9.17, 15) is 29.4 Å². The Hall–Kier alpha value is -2.32. The number of Topliss-reactive ketones (excluding diaryl/α,β-unsaturated/α-hetero) is 1. The van der Waals surface area contributed by atoms with E-state index in [0.717, 1.165) is 0 Å². The summed E-state index contributed by atoms with van der Waals surface area (Å²) in [7, 11) is 0. The van der Waals surface area contributed by atoms with Crippen molar-refractivity contribution in [2.45, 2.75) is 96.6 Å². The molecule has 2 fully saturated rings. The lowest BCUT2D eigenvalue weighted by Gasteiger charge is -2.53. The lowest BCUT2D eigenvalue weighted by atomic mass is 9.59. The highest BCUT2D eigenvalue weighted by Gasteiger charge is 2.87. The van der Waals surface area contributed by atoms with Crippen molar-refractivity contribution in [3.8, 4) is 0 Å². The van der Waals surface area contributed by atoms with Gasteiger partial charge in [0, 0.05) is 48.3 Å². The van der Waals surface area contributed by atoms with Gasteiger partial charge in [0.25, 0.3) is 0 Å². The summed E-state index contributed by atoms with van der Waals surface area (Å²) in [5.41, 5.74) is -5.15. The Labute approximate surface area is 212 Å². The van der Waals surface area contributed by atoms with Gasteiger partial charge in [0.2, 0.25) is 0 Å². The highest BCUT2D eigenvalue weighted by atomic mass is 16.6. The van der Waals surface area contributed by atoms with Crippen molar-refractivity contribution in [2.75, 3.05) is 0 Å². The van der Waals surface area contributed by atoms with Crippen LogP contribution in [0.2, 0.25) is 0 Å². The molecular weight excluding hydrogens is 464 g/mol. The van der Waals surface area contributed by atoms with Gasteiger partial charge in [0.1, 0.15) is 18.0 Å². The van der Waals surface area contributed by atoms with E-state index >= 15 is 0 Å². The van der Waals surface area contributed by atoms with Crippen LogP contribution >= 0.6 is 0 Å². The summed E-state index contributed by atoms with van der Waals surface area (Å²) in [6.07, 6.45) is 4.11. The standard InChI is InChI=1S/C28H38O8/c1-7-9-20(30)35-24-16(4)27(34)18(22-25(5,6)28(22,24)36-21(31)10-8-2)12-17(14-29)13-26(33)19(27)11-15(3)23(26)32/h11-12,14,16,18-19,22,24,33-34H,7-10,13H2,1-6H3/t16-,18+,19-,22-,24-,26-,27-,28-/m0/s1. The van der Waals surface area contributed by atoms with E-state index in [1.165, 1.54) is 0 Å². The first-order chi connectivity index (χ1) is 16.8. The van der Waals surface area contributed by atoms with Gasteiger partial charge in [-0.2, -0.15) is 0 Å². The number of rotatable bonds is 7. The SMILES string of the molecule is CCCC(=O)O[C@H]1[C@H](C)[C@]2(O)[C@H](C=C(C=O)C[C@@]3(O)C(=O)C(C)=C[C@H]23)[C@H]2C(C)(C)[C@@]12OC(=O)CCC. The summed E-state index contributed by atoms with van der Waals surface area (Å²) in [5, 5.41) is 24.2. The summed E-state index contributed by atoms with van der Waals surface area (Å²) in [6.45, 7) is 10.8. The third kappa shape index (κ3) is 3.33. The number of fused-ring (bicyclic) bond motifs is 5. The molecule has 0 aromatic rings. The van der Waals surface area contributed by atoms with Crippen molar-refractivity contribution >= 4 is 24.0 Å². The van der Waals surface area contributed by atoms with Crippen LogP contribution in [-0.2, 0) is 28.7 Å². The molecule has 0 aromatic carbocycles. The highest BCUT2D eigenvalue weighted by Crippen LogP contribution is 2.77. The number of hydrogen-bond acceptors (Lipinski definition) is 8. The molecule has 0 saturated heterocycles. The normalized spacial score (nSPS) is 42.1. The average molecular weight is 503 g/mol. The Morgan fingerprint density at radius 2 is 1.72 bits per heavy atom. The number of aliphatic hydroxyl groups is 2. The first kappa shape index (κ1) is 26.7. The van der Waals surface area contributed by atoms with Crippen LogP contribution in [0.15, 0.2) is 23.3 Å². The molecule has 0 amide bonds. The monoisotopic (exact) mass is 502 g/mol. The molecule has 0 spiro atoms. The smallest absolute Gasteiger partial charge is 0.306 e. The van der Waals surface area contributed by atoms with Gasteiger partial charge in [-0.15, -0.1) is 0 Å². The van der Waals surface area contributed by atoms with Gasteiger partial charge in [0.05, 0.1) is 5.60 Å². The van der Waals surface area contributed by atoms with Crippen molar-refractivity contribution in [3.05, 3.63) is 23.3 Å². The van der Waals surface area contributed by atoms with E-state index in [2.05, 4.69) is 0 Å². The van der Waals surface area contributed by atoms with E-state index in [-0.39, 0.29) is 24.8 Å². The first-order valence-electron chi connectivity index (χ1n) is 13.0. The van der Waals surface area contributed by atoms with E-state index in [4.69, 9.17) is 9.47 Å². The molecule has 8 atom stereocenters. The highest BCUT2D eigenvalue weighted by molar-refractivity contribution is 6.05. The number of ketones is 1. The van der Waals surface area contributed by atoms with Crippen molar-refractivity contribution < 1.29 is 38.9 Å². The number of carbonyl (C=O) groups excluding carboxylic acids is 4. The van der Waals surface area contributed by atoms with Crippen LogP contribution in [-0.4, -0.2) is 57.1 Å². The second kappa shape index (κ2) is 8.62. The summed E-state index contributed by atoms with van der Waals surface area (Å²) in [6, 6.07) is 0. The second-order valence-corrected chi connectivity index (χ2v) is 11.7. The molecular formula is C28H38O8. The number of carbonyl (C=O) groups is 4. The predicted octanol–water partition coefficient (Wildman–Crippen LogP) is 2.84. The van der Waals surface area contributed by atoms with E-state index < -0.39 is 69.7 Å². The van der Waals surface area contributed by atoms with Gasteiger partial charge < -0.3 is 19.7 Å². The van der Waals surface area contributed by atoms with Crippen molar-refractivity contribution in [1.82, 2.24) is 0 Å². The zero-order valence-electron chi connectivity index (χ0n) is 22.0. The lowest BCUT2D eigenvalue weighted by Crippen LogP contribution is -2.66. The number of esters is 2. The van der Waals surface area contributed by atoms with Crippen LogP contribution in [0.25, 0.3) is 0 Å². The molecule has 4 aliphatic carbocycles. The fourth-order valence-electron chi connectivity index (χ4n) is 7.59. The molecule has 2 N–H and O–H groups in total. The Morgan fingerprint density at radius 1 is 1.11 bits per heavy atom. The maximum atomic E-state index is 13.1. The molecule has 198 valence electrons. The molecule has 8 heteroatoms.